The summed E-state index contributed by atoms with van der Waals surface area (Å²) in [6.07, 6.45) is -0.0728. The minimum atomic E-state index is -1.80. The number of methoxy groups -OCH3 is 1. The standard InChI is InChI=1S/C19H26N2O6/c1-12(2)15(20-16(22)13-4-6-14(27-3)7-5-13)17(23)21-10-8-19(26,9-11-21)18(24)25/h4-7,12,15,26H,8-11H2,1-3H3,(H,20,22)(H,24,25). The van der Waals surface area contributed by atoms with Crippen molar-refractivity contribution in [2.45, 2.75) is 38.3 Å². The summed E-state index contributed by atoms with van der Waals surface area (Å²) in [4.78, 5) is 38.0. The van der Waals surface area contributed by atoms with Crippen LogP contribution in [0.1, 0.15) is 37.0 Å². The molecule has 0 radical (unpaired) electrons. The third-order valence-corrected chi connectivity index (χ3v) is 4.87. The van der Waals surface area contributed by atoms with E-state index in [4.69, 9.17) is 9.84 Å². The summed E-state index contributed by atoms with van der Waals surface area (Å²) < 4.78 is 5.06. The van der Waals surface area contributed by atoms with Crippen LogP contribution in [0.4, 0.5) is 0 Å². The molecule has 3 N–H and O–H groups in total. The molecular formula is C19H26N2O6. The van der Waals surface area contributed by atoms with Gasteiger partial charge >= 0.3 is 5.97 Å². The molecule has 0 spiro atoms. The van der Waals surface area contributed by atoms with Gasteiger partial charge in [-0.15, -0.1) is 0 Å². The molecule has 8 nitrogen and oxygen atoms in total. The Hall–Kier alpha value is -2.61. The third kappa shape index (κ3) is 4.77. The van der Waals surface area contributed by atoms with Crippen LogP contribution in [0.15, 0.2) is 24.3 Å². The number of ether oxygens (including phenoxy) is 1. The number of nitrogens with one attached hydrogen (secondary N) is 1. The zero-order valence-electron chi connectivity index (χ0n) is 15.8. The fraction of sp³-hybridized carbons (Fsp3) is 0.526. The van der Waals surface area contributed by atoms with Crippen molar-refractivity contribution in [2.24, 2.45) is 5.92 Å². The van der Waals surface area contributed by atoms with Crippen LogP contribution in [0.3, 0.4) is 0 Å². The van der Waals surface area contributed by atoms with Gasteiger partial charge in [0.05, 0.1) is 7.11 Å². The van der Waals surface area contributed by atoms with Gasteiger partial charge in [0.25, 0.3) is 5.91 Å². The van der Waals surface area contributed by atoms with E-state index < -0.39 is 17.6 Å². The molecule has 1 aromatic rings. The maximum Gasteiger partial charge on any atom is 0.335 e. The van der Waals surface area contributed by atoms with Crippen molar-refractivity contribution < 1.29 is 29.3 Å². The molecule has 1 saturated heterocycles. The minimum Gasteiger partial charge on any atom is -0.497 e. The summed E-state index contributed by atoms with van der Waals surface area (Å²) in [5, 5.41) is 21.9. The first-order valence-corrected chi connectivity index (χ1v) is 8.87. The molecule has 1 heterocycles. The number of piperidine rings is 1. The van der Waals surface area contributed by atoms with Gasteiger partial charge in [-0.2, -0.15) is 0 Å². The average Bonchev–Trinajstić information content (AvgIpc) is 2.65. The number of amides is 2. The van der Waals surface area contributed by atoms with Crippen LogP contribution in [0, 0.1) is 5.92 Å². The molecule has 0 bridgehead atoms. The van der Waals surface area contributed by atoms with E-state index in [2.05, 4.69) is 5.32 Å². The van der Waals surface area contributed by atoms with E-state index in [1.165, 1.54) is 12.0 Å². The summed E-state index contributed by atoms with van der Waals surface area (Å²) in [5.41, 5.74) is -1.38. The predicted octanol–water partition coefficient (Wildman–Crippen LogP) is 0.888. The summed E-state index contributed by atoms with van der Waals surface area (Å²) in [5.74, 6) is -1.45. The van der Waals surface area contributed by atoms with Crippen molar-refractivity contribution in [3.63, 3.8) is 0 Å². The summed E-state index contributed by atoms with van der Waals surface area (Å²) in [6.45, 7) is 3.91. The third-order valence-electron chi connectivity index (χ3n) is 4.87. The van der Waals surface area contributed by atoms with Crippen molar-refractivity contribution in [3.05, 3.63) is 29.8 Å². The summed E-state index contributed by atoms with van der Waals surface area (Å²) >= 11 is 0. The Kier molecular flexibility index (Phi) is 6.43. The zero-order valence-corrected chi connectivity index (χ0v) is 15.8. The quantitative estimate of drug-likeness (QED) is 0.677. The van der Waals surface area contributed by atoms with Gasteiger partial charge in [-0.05, 0) is 30.2 Å². The van der Waals surface area contributed by atoms with E-state index >= 15 is 0 Å². The molecule has 0 aliphatic carbocycles. The molecule has 1 aliphatic rings. The first-order valence-electron chi connectivity index (χ1n) is 8.87. The number of likely N-dealkylation sites (tertiary alicyclic amines) is 1. The molecule has 1 aromatic carbocycles. The number of carboxylic acid groups (broad SMARTS) is 1. The van der Waals surface area contributed by atoms with Crippen LogP contribution in [0.2, 0.25) is 0 Å². The van der Waals surface area contributed by atoms with E-state index in [-0.39, 0.29) is 43.7 Å². The first kappa shape index (κ1) is 20.7. The average molecular weight is 378 g/mol. The molecule has 27 heavy (non-hydrogen) atoms. The second-order valence-corrected chi connectivity index (χ2v) is 7.09. The van der Waals surface area contributed by atoms with Gasteiger partial charge in [0.15, 0.2) is 5.60 Å². The van der Waals surface area contributed by atoms with Gasteiger partial charge in [0.1, 0.15) is 11.8 Å². The number of hydrogen-bond donors (Lipinski definition) is 3. The normalized spacial score (nSPS) is 17.3. The molecule has 148 valence electrons. The van der Waals surface area contributed by atoms with E-state index in [1.54, 1.807) is 24.3 Å². The minimum absolute atomic E-state index is 0.0364. The maximum absolute atomic E-state index is 12.9. The molecule has 8 heteroatoms. The summed E-state index contributed by atoms with van der Waals surface area (Å²) in [7, 11) is 1.53. The Morgan fingerprint density at radius 2 is 1.70 bits per heavy atom. The van der Waals surface area contributed by atoms with Crippen molar-refractivity contribution in [1.29, 1.82) is 0 Å². The maximum atomic E-state index is 12.9. The number of aliphatic hydroxyl groups is 1. The fourth-order valence-electron chi connectivity index (χ4n) is 2.99. The number of carbonyl (C=O) groups excluding carboxylic acids is 2. The Morgan fingerprint density at radius 1 is 1.15 bits per heavy atom. The van der Waals surface area contributed by atoms with Crippen molar-refractivity contribution >= 4 is 17.8 Å². The van der Waals surface area contributed by atoms with Crippen LogP contribution >= 0.6 is 0 Å². The van der Waals surface area contributed by atoms with E-state index in [0.29, 0.717) is 11.3 Å². The van der Waals surface area contributed by atoms with Crippen LogP contribution in [-0.2, 0) is 9.59 Å². The fourth-order valence-corrected chi connectivity index (χ4v) is 2.99. The number of nitrogens with zero attached hydrogens (tertiary/aromatic N) is 1. The lowest BCUT2D eigenvalue weighted by atomic mass is 9.90. The van der Waals surface area contributed by atoms with Gasteiger partial charge in [-0.25, -0.2) is 4.79 Å². The van der Waals surface area contributed by atoms with Crippen LogP contribution in [0.5, 0.6) is 5.75 Å². The van der Waals surface area contributed by atoms with Crippen molar-refractivity contribution in [1.82, 2.24) is 10.2 Å². The number of carboxylic acids is 1. The Balaban J connectivity index is 2.05. The number of carbonyl (C=O) groups is 3. The topological polar surface area (TPSA) is 116 Å². The number of rotatable bonds is 6. The highest BCUT2D eigenvalue weighted by molar-refractivity contribution is 5.97. The monoisotopic (exact) mass is 378 g/mol. The van der Waals surface area contributed by atoms with Crippen LogP contribution in [-0.4, -0.2) is 64.7 Å². The van der Waals surface area contributed by atoms with Gasteiger partial charge < -0.3 is 25.2 Å². The van der Waals surface area contributed by atoms with E-state index in [9.17, 15) is 19.5 Å². The lowest BCUT2D eigenvalue weighted by Crippen LogP contribution is -2.56. The molecular weight excluding hydrogens is 352 g/mol. The Labute approximate surface area is 158 Å². The highest BCUT2D eigenvalue weighted by Crippen LogP contribution is 2.23. The molecule has 0 aromatic heterocycles. The van der Waals surface area contributed by atoms with Crippen molar-refractivity contribution in [3.8, 4) is 5.75 Å². The molecule has 1 fully saturated rings. The van der Waals surface area contributed by atoms with Gasteiger partial charge in [0.2, 0.25) is 5.91 Å². The number of benzene rings is 1. The highest BCUT2D eigenvalue weighted by atomic mass is 16.5. The largest absolute Gasteiger partial charge is 0.497 e. The lowest BCUT2D eigenvalue weighted by molar-refractivity contribution is -0.165. The molecule has 2 amide bonds. The molecule has 1 aliphatic heterocycles. The SMILES string of the molecule is COc1ccc(C(=O)NC(C(=O)N2CCC(O)(C(=O)O)CC2)C(C)C)cc1. The molecule has 0 saturated carbocycles. The Bertz CT molecular complexity index is 693. The van der Waals surface area contributed by atoms with Crippen molar-refractivity contribution in [2.75, 3.05) is 20.2 Å². The second-order valence-electron chi connectivity index (χ2n) is 7.09. The van der Waals surface area contributed by atoms with E-state index in [0.717, 1.165) is 0 Å². The smallest absolute Gasteiger partial charge is 0.335 e. The molecule has 2 rings (SSSR count). The number of hydrogen-bond acceptors (Lipinski definition) is 5. The second kappa shape index (κ2) is 8.39. The van der Waals surface area contributed by atoms with Crippen LogP contribution in [0.25, 0.3) is 0 Å². The molecule has 1 unspecified atom stereocenters. The van der Waals surface area contributed by atoms with Gasteiger partial charge in [-0.3, -0.25) is 9.59 Å². The van der Waals surface area contributed by atoms with Crippen LogP contribution < -0.4 is 10.1 Å². The lowest BCUT2D eigenvalue weighted by Gasteiger charge is -2.37. The van der Waals surface area contributed by atoms with E-state index in [1.807, 2.05) is 13.8 Å². The number of aliphatic carboxylic acids is 1. The predicted molar refractivity (Wildman–Crippen MR) is 97.5 cm³/mol. The Morgan fingerprint density at radius 3 is 2.15 bits per heavy atom. The van der Waals surface area contributed by atoms with Gasteiger partial charge in [-0.1, -0.05) is 13.8 Å². The first-order chi connectivity index (χ1) is 12.7. The molecule has 1 atom stereocenters. The van der Waals surface area contributed by atoms with Gasteiger partial charge in [0, 0.05) is 31.5 Å². The summed E-state index contributed by atoms with van der Waals surface area (Å²) in [6, 6.07) is 5.82. The zero-order chi connectivity index (χ0) is 20.2. The highest BCUT2D eigenvalue weighted by Gasteiger charge is 2.41.